The molecule has 1 saturated heterocycles. The van der Waals surface area contributed by atoms with E-state index in [4.69, 9.17) is 9.47 Å². The summed E-state index contributed by atoms with van der Waals surface area (Å²) in [6, 6.07) is 3.52. The summed E-state index contributed by atoms with van der Waals surface area (Å²) in [5.74, 6) is -2.91. The Morgan fingerprint density at radius 1 is 0.949 bits per heavy atom. The van der Waals surface area contributed by atoms with Crippen molar-refractivity contribution in [1.82, 2.24) is 10.2 Å². The lowest BCUT2D eigenvalue weighted by atomic mass is 10.0. The maximum Gasteiger partial charge on any atom is 0.305 e. The van der Waals surface area contributed by atoms with Crippen LogP contribution in [0.25, 0.3) is 0 Å². The van der Waals surface area contributed by atoms with Crippen molar-refractivity contribution in [2.45, 2.75) is 83.6 Å². The highest BCUT2D eigenvalue weighted by Crippen LogP contribution is 2.32. The number of unbranched alkanes of at least 4 members (excludes halogenated alkanes) is 5. The van der Waals surface area contributed by atoms with Crippen LogP contribution in [0.2, 0.25) is 0 Å². The molecule has 1 atom stereocenters. The smallest absolute Gasteiger partial charge is 0.305 e. The van der Waals surface area contributed by atoms with Gasteiger partial charge in [-0.2, -0.15) is 0 Å². The molecule has 0 aromatic heterocycles. The summed E-state index contributed by atoms with van der Waals surface area (Å²) < 4.78 is 10.6. The van der Waals surface area contributed by atoms with Crippen LogP contribution in [0.3, 0.4) is 0 Å². The molecule has 0 bridgehead atoms. The summed E-state index contributed by atoms with van der Waals surface area (Å²) in [5.41, 5.74) is 0.381. The lowest BCUT2D eigenvalue weighted by Gasteiger charge is -2.27. The van der Waals surface area contributed by atoms with E-state index < -0.39 is 29.7 Å². The fraction of sp³-hybridized carbons (Fsp3) is 0.571. The molecule has 0 radical (unpaired) electrons. The summed E-state index contributed by atoms with van der Waals surface area (Å²) in [4.78, 5) is 74.7. The second-order valence-corrected chi connectivity index (χ2v) is 9.68. The summed E-state index contributed by atoms with van der Waals surface area (Å²) in [7, 11) is 0. The SMILES string of the molecule is CCCCCCC(=O)OCCOCCCCCC(=O)Nc1cccc2c1C(=O)N(C1CCC(=O)NC1=O)C2=O. The number of hydrogen-bond donors (Lipinski definition) is 2. The first-order valence-corrected chi connectivity index (χ1v) is 13.7. The van der Waals surface area contributed by atoms with E-state index in [1.165, 1.54) is 6.07 Å². The molecule has 1 aromatic rings. The fourth-order valence-electron chi connectivity index (χ4n) is 4.58. The van der Waals surface area contributed by atoms with Gasteiger partial charge in [0.2, 0.25) is 17.7 Å². The van der Waals surface area contributed by atoms with Gasteiger partial charge >= 0.3 is 5.97 Å². The Bertz CT molecular complexity index is 1090. The molecule has 0 aliphatic carbocycles. The average Bonchev–Trinajstić information content (AvgIpc) is 3.16. The quantitative estimate of drug-likeness (QED) is 0.184. The van der Waals surface area contributed by atoms with Gasteiger partial charge in [-0.25, -0.2) is 0 Å². The number of nitrogens with zero attached hydrogens (tertiary/aromatic N) is 1. The van der Waals surface area contributed by atoms with Crippen LogP contribution in [-0.2, 0) is 28.7 Å². The number of carbonyl (C=O) groups is 6. The monoisotopic (exact) mass is 543 g/mol. The first kappa shape index (κ1) is 29.9. The summed E-state index contributed by atoms with van der Waals surface area (Å²) >= 11 is 0. The zero-order chi connectivity index (χ0) is 28.2. The second-order valence-electron chi connectivity index (χ2n) is 9.68. The number of amides is 5. The number of carbonyl (C=O) groups excluding carboxylic acids is 6. The zero-order valence-electron chi connectivity index (χ0n) is 22.4. The van der Waals surface area contributed by atoms with Gasteiger partial charge in [-0.3, -0.25) is 39.0 Å². The van der Waals surface area contributed by atoms with Gasteiger partial charge in [-0.1, -0.05) is 38.7 Å². The number of rotatable bonds is 16. The van der Waals surface area contributed by atoms with Gasteiger partial charge < -0.3 is 14.8 Å². The summed E-state index contributed by atoms with van der Waals surface area (Å²) in [6.07, 6.45) is 6.98. The molecule has 1 aromatic carbocycles. The van der Waals surface area contributed by atoms with Crippen molar-refractivity contribution in [3.05, 3.63) is 29.3 Å². The highest BCUT2D eigenvalue weighted by Gasteiger charge is 2.45. The van der Waals surface area contributed by atoms with Gasteiger partial charge in [-0.15, -0.1) is 0 Å². The van der Waals surface area contributed by atoms with Crippen molar-refractivity contribution in [2.24, 2.45) is 0 Å². The molecule has 3 rings (SSSR count). The normalized spacial score (nSPS) is 16.7. The Hall–Kier alpha value is -3.60. The predicted molar refractivity (Wildman–Crippen MR) is 141 cm³/mol. The first-order valence-electron chi connectivity index (χ1n) is 13.7. The first-order chi connectivity index (χ1) is 18.8. The molecule has 0 spiro atoms. The highest BCUT2D eigenvalue weighted by molar-refractivity contribution is 6.26. The average molecular weight is 544 g/mol. The third-order valence-corrected chi connectivity index (χ3v) is 6.66. The highest BCUT2D eigenvalue weighted by atomic mass is 16.6. The van der Waals surface area contributed by atoms with E-state index in [1.807, 2.05) is 0 Å². The fourth-order valence-corrected chi connectivity index (χ4v) is 4.58. The van der Waals surface area contributed by atoms with E-state index in [9.17, 15) is 28.8 Å². The van der Waals surface area contributed by atoms with Crippen LogP contribution >= 0.6 is 0 Å². The minimum Gasteiger partial charge on any atom is -0.463 e. The Balaban J connectivity index is 1.35. The number of anilines is 1. The predicted octanol–water partition coefficient (Wildman–Crippen LogP) is 3.12. The van der Waals surface area contributed by atoms with E-state index in [0.29, 0.717) is 26.1 Å². The van der Waals surface area contributed by atoms with Crippen LogP contribution in [0.1, 0.15) is 98.3 Å². The molecule has 2 heterocycles. The molecule has 11 nitrogen and oxygen atoms in total. The molecule has 39 heavy (non-hydrogen) atoms. The Kier molecular flexibility index (Phi) is 11.6. The van der Waals surface area contributed by atoms with Gasteiger partial charge in [0.05, 0.1) is 23.4 Å². The molecule has 212 valence electrons. The second kappa shape index (κ2) is 15.1. The number of piperidine rings is 1. The van der Waals surface area contributed by atoms with E-state index in [2.05, 4.69) is 17.6 Å². The topological polar surface area (TPSA) is 148 Å². The Morgan fingerprint density at radius 3 is 2.49 bits per heavy atom. The number of imide groups is 2. The minimum absolute atomic E-state index is 0.0328. The maximum atomic E-state index is 13.1. The van der Waals surface area contributed by atoms with E-state index in [0.717, 1.165) is 43.4 Å². The Morgan fingerprint density at radius 2 is 1.72 bits per heavy atom. The maximum absolute atomic E-state index is 13.1. The van der Waals surface area contributed by atoms with E-state index in [-0.39, 0.29) is 54.6 Å². The van der Waals surface area contributed by atoms with Gasteiger partial charge in [0.15, 0.2) is 0 Å². The molecule has 2 aliphatic rings. The van der Waals surface area contributed by atoms with Crippen molar-refractivity contribution in [3.8, 4) is 0 Å². The van der Waals surface area contributed by atoms with Gasteiger partial charge in [-0.05, 0) is 37.8 Å². The van der Waals surface area contributed by atoms with E-state index >= 15 is 0 Å². The van der Waals surface area contributed by atoms with Crippen LogP contribution < -0.4 is 10.6 Å². The van der Waals surface area contributed by atoms with Gasteiger partial charge in [0.25, 0.3) is 11.8 Å². The lowest BCUT2D eigenvalue weighted by Crippen LogP contribution is -2.54. The lowest BCUT2D eigenvalue weighted by molar-refractivity contribution is -0.145. The van der Waals surface area contributed by atoms with Crippen molar-refractivity contribution in [1.29, 1.82) is 0 Å². The summed E-state index contributed by atoms with van der Waals surface area (Å²) in [5, 5.41) is 4.87. The number of ether oxygens (including phenoxy) is 2. The molecule has 1 unspecified atom stereocenters. The molecule has 5 amide bonds. The molecular formula is C28H37N3O8. The third-order valence-electron chi connectivity index (χ3n) is 6.66. The number of benzene rings is 1. The van der Waals surface area contributed by atoms with E-state index in [1.54, 1.807) is 12.1 Å². The van der Waals surface area contributed by atoms with Crippen LogP contribution in [0.15, 0.2) is 18.2 Å². The standard InChI is InChI=1S/C28H37N3O8/c1-2-3-4-7-13-24(34)39-18-17-38-16-8-5-6-12-22(32)29-20-11-9-10-19-25(20)28(37)31(27(19)36)21-14-15-23(33)30-26(21)35/h9-11,21H,2-8,12-18H2,1H3,(H,29,32)(H,30,33,35). The molecule has 11 heteroatoms. The van der Waals surface area contributed by atoms with Crippen molar-refractivity contribution in [3.63, 3.8) is 0 Å². The minimum atomic E-state index is -1.07. The largest absolute Gasteiger partial charge is 0.463 e. The molecule has 0 saturated carbocycles. The number of esters is 1. The third kappa shape index (κ3) is 8.44. The molecule has 1 fully saturated rings. The van der Waals surface area contributed by atoms with Crippen LogP contribution in [0.4, 0.5) is 5.69 Å². The Labute approximate surface area is 228 Å². The number of hydrogen-bond acceptors (Lipinski definition) is 8. The molecular weight excluding hydrogens is 506 g/mol. The van der Waals surface area contributed by atoms with Crippen molar-refractivity contribution in [2.75, 3.05) is 25.1 Å². The number of nitrogens with one attached hydrogen (secondary N) is 2. The molecule has 2 aliphatic heterocycles. The zero-order valence-corrected chi connectivity index (χ0v) is 22.4. The van der Waals surface area contributed by atoms with Crippen LogP contribution in [0.5, 0.6) is 0 Å². The van der Waals surface area contributed by atoms with Gasteiger partial charge in [0.1, 0.15) is 12.6 Å². The molecule has 2 N–H and O–H groups in total. The van der Waals surface area contributed by atoms with Crippen molar-refractivity contribution < 1.29 is 38.2 Å². The van der Waals surface area contributed by atoms with Crippen LogP contribution in [-0.4, -0.2) is 66.3 Å². The summed E-state index contributed by atoms with van der Waals surface area (Å²) in [6.45, 7) is 3.19. The number of fused-ring (bicyclic) bond motifs is 1. The van der Waals surface area contributed by atoms with Crippen molar-refractivity contribution >= 4 is 41.2 Å². The van der Waals surface area contributed by atoms with Gasteiger partial charge in [0, 0.05) is 25.9 Å². The van der Waals surface area contributed by atoms with Crippen LogP contribution in [0, 0.1) is 0 Å².